The fourth-order valence-electron chi connectivity index (χ4n) is 1.72. The number of nitrogens with zero attached hydrogens (tertiary/aromatic N) is 2. The van der Waals surface area contributed by atoms with Gasteiger partial charge in [0.1, 0.15) is 6.04 Å². The van der Waals surface area contributed by atoms with Crippen LogP contribution >= 0.6 is 0 Å². The standard InChI is InChI=1S/C13H27N3O3/c1-6-16(9-7-8-15(4)5)13(19)14-11(10(2)3)12(17)18/h10-11H,6-9H2,1-5H3,(H,14,19)(H,17,18)/t11-/m1/s1. The van der Waals surface area contributed by atoms with Crippen LogP contribution < -0.4 is 5.32 Å². The van der Waals surface area contributed by atoms with Crippen LogP contribution in [-0.2, 0) is 4.79 Å². The lowest BCUT2D eigenvalue weighted by Gasteiger charge is -2.25. The zero-order chi connectivity index (χ0) is 15.0. The Hall–Kier alpha value is -1.30. The van der Waals surface area contributed by atoms with E-state index < -0.39 is 12.0 Å². The second-order valence-corrected chi connectivity index (χ2v) is 5.25. The van der Waals surface area contributed by atoms with Crippen molar-refractivity contribution in [2.75, 3.05) is 33.7 Å². The van der Waals surface area contributed by atoms with Gasteiger partial charge in [-0.05, 0) is 39.9 Å². The Labute approximate surface area is 115 Å². The Balaban J connectivity index is 4.37. The molecule has 6 heteroatoms. The Morgan fingerprint density at radius 2 is 1.79 bits per heavy atom. The number of amides is 2. The average Bonchev–Trinajstić information content (AvgIpc) is 2.30. The second kappa shape index (κ2) is 8.74. The van der Waals surface area contributed by atoms with Gasteiger partial charge >= 0.3 is 12.0 Å². The van der Waals surface area contributed by atoms with Crippen molar-refractivity contribution in [3.8, 4) is 0 Å². The Morgan fingerprint density at radius 3 is 2.16 bits per heavy atom. The second-order valence-electron chi connectivity index (χ2n) is 5.25. The molecule has 0 saturated carbocycles. The molecule has 112 valence electrons. The van der Waals surface area contributed by atoms with E-state index in [1.54, 1.807) is 18.7 Å². The van der Waals surface area contributed by atoms with Gasteiger partial charge in [-0.1, -0.05) is 13.8 Å². The van der Waals surface area contributed by atoms with Crippen LogP contribution in [-0.4, -0.2) is 66.7 Å². The number of urea groups is 1. The van der Waals surface area contributed by atoms with Crippen LogP contribution in [0.15, 0.2) is 0 Å². The first kappa shape index (κ1) is 17.7. The monoisotopic (exact) mass is 273 g/mol. The lowest BCUT2D eigenvalue weighted by atomic mass is 10.1. The van der Waals surface area contributed by atoms with E-state index in [0.29, 0.717) is 13.1 Å². The number of carbonyl (C=O) groups excluding carboxylic acids is 1. The van der Waals surface area contributed by atoms with Gasteiger partial charge in [0, 0.05) is 13.1 Å². The molecule has 0 aliphatic carbocycles. The number of carboxylic acid groups (broad SMARTS) is 1. The maximum Gasteiger partial charge on any atom is 0.326 e. The summed E-state index contributed by atoms with van der Waals surface area (Å²) in [5.74, 6) is -1.13. The van der Waals surface area contributed by atoms with Crippen LogP contribution in [0.1, 0.15) is 27.2 Å². The summed E-state index contributed by atoms with van der Waals surface area (Å²) in [4.78, 5) is 26.8. The first-order valence-corrected chi connectivity index (χ1v) is 6.72. The molecule has 0 aromatic rings. The summed E-state index contributed by atoms with van der Waals surface area (Å²) < 4.78 is 0. The average molecular weight is 273 g/mol. The zero-order valence-corrected chi connectivity index (χ0v) is 12.6. The molecule has 2 amide bonds. The van der Waals surface area contributed by atoms with Gasteiger partial charge in [0.05, 0.1) is 0 Å². The van der Waals surface area contributed by atoms with E-state index in [0.717, 1.165) is 13.0 Å². The van der Waals surface area contributed by atoms with Crippen molar-refractivity contribution in [3.63, 3.8) is 0 Å². The van der Waals surface area contributed by atoms with Gasteiger partial charge in [0.2, 0.25) is 0 Å². The molecule has 0 fully saturated rings. The molecule has 0 heterocycles. The summed E-state index contributed by atoms with van der Waals surface area (Å²) in [6.45, 7) is 7.55. The summed E-state index contributed by atoms with van der Waals surface area (Å²) in [5, 5.41) is 11.6. The highest BCUT2D eigenvalue weighted by atomic mass is 16.4. The van der Waals surface area contributed by atoms with Crippen LogP contribution in [0.3, 0.4) is 0 Å². The summed E-state index contributed by atoms with van der Waals surface area (Å²) in [6, 6.07) is -1.14. The molecular weight excluding hydrogens is 246 g/mol. The minimum atomic E-state index is -0.993. The molecule has 0 rings (SSSR count). The van der Waals surface area contributed by atoms with Gasteiger partial charge in [0.25, 0.3) is 0 Å². The van der Waals surface area contributed by atoms with Gasteiger partial charge in [-0.3, -0.25) is 0 Å². The molecule has 6 nitrogen and oxygen atoms in total. The number of hydrogen-bond donors (Lipinski definition) is 2. The first-order chi connectivity index (χ1) is 8.79. The molecule has 0 saturated heterocycles. The summed E-state index contributed by atoms with van der Waals surface area (Å²) in [7, 11) is 3.96. The van der Waals surface area contributed by atoms with Gasteiger partial charge in [0.15, 0.2) is 0 Å². The SMILES string of the molecule is CCN(CCCN(C)C)C(=O)N[C@@H](C(=O)O)C(C)C. The molecule has 0 aliphatic heterocycles. The maximum absolute atomic E-state index is 12.0. The predicted molar refractivity (Wildman–Crippen MR) is 75.2 cm³/mol. The summed E-state index contributed by atoms with van der Waals surface area (Å²) in [5.41, 5.74) is 0. The molecule has 0 aliphatic rings. The number of rotatable bonds is 8. The maximum atomic E-state index is 12.0. The van der Waals surface area contributed by atoms with Crippen molar-refractivity contribution in [1.29, 1.82) is 0 Å². The van der Waals surface area contributed by atoms with Crippen LogP contribution in [0.5, 0.6) is 0 Å². The normalized spacial score (nSPS) is 12.6. The highest BCUT2D eigenvalue weighted by Gasteiger charge is 2.25. The van der Waals surface area contributed by atoms with Crippen molar-refractivity contribution in [2.45, 2.75) is 33.2 Å². The minimum Gasteiger partial charge on any atom is -0.480 e. The number of carbonyl (C=O) groups is 2. The fourth-order valence-corrected chi connectivity index (χ4v) is 1.72. The van der Waals surface area contributed by atoms with Gasteiger partial charge < -0.3 is 20.2 Å². The smallest absolute Gasteiger partial charge is 0.326 e. The van der Waals surface area contributed by atoms with E-state index >= 15 is 0 Å². The van der Waals surface area contributed by atoms with Crippen molar-refractivity contribution in [3.05, 3.63) is 0 Å². The Morgan fingerprint density at radius 1 is 1.21 bits per heavy atom. The molecule has 1 atom stereocenters. The minimum absolute atomic E-state index is 0.137. The molecule has 19 heavy (non-hydrogen) atoms. The van der Waals surface area contributed by atoms with Gasteiger partial charge in [-0.2, -0.15) is 0 Å². The number of hydrogen-bond acceptors (Lipinski definition) is 3. The largest absolute Gasteiger partial charge is 0.480 e. The first-order valence-electron chi connectivity index (χ1n) is 6.72. The third kappa shape index (κ3) is 7.00. The summed E-state index contributed by atoms with van der Waals surface area (Å²) in [6.07, 6.45) is 0.869. The quantitative estimate of drug-likeness (QED) is 0.694. The van der Waals surface area contributed by atoms with Crippen molar-refractivity contribution in [1.82, 2.24) is 15.1 Å². The lowest BCUT2D eigenvalue weighted by molar-refractivity contribution is -0.140. The van der Waals surface area contributed by atoms with E-state index in [9.17, 15) is 9.59 Å². The fraction of sp³-hybridized carbons (Fsp3) is 0.846. The van der Waals surface area contributed by atoms with Crippen molar-refractivity contribution in [2.24, 2.45) is 5.92 Å². The van der Waals surface area contributed by atoms with Crippen LogP contribution in [0, 0.1) is 5.92 Å². The third-order valence-corrected chi connectivity index (χ3v) is 2.91. The van der Waals surface area contributed by atoms with Gasteiger partial charge in [-0.15, -0.1) is 0 Å². The van der Waals surface area contributed by atoms with Crippen molar-refractivity contribution >= 4 is 12.0 Å². The molecule has 0 radical (unpaired) electrons. The molecule has 0 spiro atoms. The number of carboxylic acids is 1. The van der Waals surface area contributed by atoms with E-state index in [2.05, 4.69) is 10.2 Å². The van der Waals surface area contributed by atoms with Crippen LogP contribution in [0.4, 0.5) is 4.79 Å². The zero-order valence-electron chi connectivity index (χ0n) is 12.6. The lowest BCUT2D eigenvalue weighted by Crippen LogP contribution is -2.50. The molecule has 0 aromatic heterocycles. The molecule has 0 aromatic carbocycles. The molecule has 0 bridgehead atoms. The topological polar surface area (TPSA) is 72.9 Å². The number of nitrogens with one attached hydrogen (secondary N) is 1. The van der Waals surface area contributed by atoms with Crippen molar-refractivity contribution < 1.29 is 14.7 Å². The highest BCUT2D eigenvalue weighted by molar-refractivity contribution is 5.82. The Bertz CT molecular complexity index is 293. The van der Waals surface area contributed by atoms with E-state index in [1.165, 1.54) is 0 Å². The van der Waals surface area contributed by atoms with E-state index in [-0.39, 0.29) is 11.9 Å². The number of aliphatic carboxylic acids is 1. The molecule has 0 unspecified atom stereocenters. The molecule has 2 N–H and O–H groups in total. The van der Waals surface area contributed by atoms with E-state index in [1.807, 2.05) is 21.0 Å². The van der Waals surface area contributed by atoms with Crippen LogP contribution in [0.2, 0.25) is 0 Å². The third-order valence-electron chi connectivity index (χ3n) is 2.91. The summed E-state index contributed by atoms with van der Waals surface area (Å²) >= 11 is 0. The van der Waals surface area contributed by atoms with Gasteiger partial charge in [-0.25, -0.2) is 9.59 Å². The van der Waals surface area contributed by atoms with E-state index in [4.69, 9.17) is 5.11 Å². The predicted octanol–water partition coefficient (Wildman–Crippen LogP) is 1.08. The van der Waals surface area contributed by atoms with Crippen LogP contribution in [0.25, 0.3) is 0 Å². The molecular formula is C13H27N3O3. The highest BCUT2D eigenvalue weighted by Crippen LogP contribution is 2.03. The Kier molecular flexibility index (Phi) is 8.14.